The maximum absolute atomic E-state index is 14.6. The van der Waals surface area contributed by atoms with Gasteiger partial charge < -0.3 is 15.1 Å². The Morgan fingerprint density at radius 1 is 1.10 bits per heavy atom. The molecule has 40 heavy (non-hydrogen) atoms. The number of H-pyrrole nitrogens is 1. The van der Waals surface area contributed by atoms with E-state index in [0.717, 1.165) is 18.2 Å². The molecule has 2 fully saturated rings. The maximum atomic E-state index is 14.6. The summed E-state index contributed by atoms with van der Waals surface area (Å²) >= 11 is 0. The lowest BCUT2D eigenvalue weighted by Crippen LogP contribution is -2.54. The predicted molar refractivity (Wildman–Crippen MR) is 133 cm³/mol. The van der Waals surface area contributed by atoms with E-state index in [9.17, 15) is 36.3 Å². The Labute approximate surface area is 227 Å². The molecule has 0 aliphatic carbocycles. The first kappa shape index (κ1) is 25.0. The first-order chi connectivity index (χ1) is 19.8. The van der Waals surface area contributed by atoms with Crippen molar-refractivity contribution in [3.05, 3.63) is 64.2 Å². The van der Waals surface area contributed by atoms with Gasteiger partial charge in [0.15, 0.2) is 17.3 Å². The number of urea groups is 1. The van der Waals surface area contributed by atoms with Crippen molar-refractivity contribution < 1.29 is 34.3 Å². The van der Waals surface area contributed by atoms with Gasteiger partial charge in [0.25, 0.3) is 0 Å². The number of hydrogen-bond acceptors (Lipinski definition) is 4. The minimum absolute atomic E-state index is 0.0519. The molecule has 0 saturated carbocycles. The second-order valence-electron chi connectivity index (χ2n) is 9.83. The van der Waals surface area contributed by atoms with Crippen LogP contribution in [0.25, 0.3) is 11.2 Å². The molecule has 214 valence electrons. The zero-order valence-corrected chi connectivity index (χ0v) is 21.0. The number of rotatable bonds is 4. The highest BCUT2D eigenvalue weighted by Crippen LogP contribution is 2.32. The number of nitrogens with zero attached hydrogens (tertiary/aromatic N) is 4. The smallest absolute Gasteiger partial charge is 0.331 e. The van der Waals surface area contributed by atoms with Crippen molar-refractivity contribution in [1.82, 2.24) is 29.7 Å². The lowest BCUT2D eigenvalue weighted by atomic mass is 9.93. The fraction of sp³-hybridized carbons (Fsp3) is 0.462. The van der Waals surface area contributed by atoms with E-state index in [2.05, 4.69) is 15.3 Å². The van der Waals surface area contributed by atoms with Gasteiger partial charge in [0.2, 0.25) is 5.91 Å². The van der Waals surface area contributed by atoms with Crippen molar-refractivity contribution in [2.75, 3.05) is 26.1 Å². The molecule has 3 aromatic rings. The summed E-state index contributed by atoms with van der Waals surface area (Å²) in [4.78, 5) is 47.1. The van der Waals surface area contributed by atoms with E-state index in [-0.39, 0.29) is 42.6 Å². The molecule has 2 aliphatic heterocycles. The highest BCUT2D eigenvalue weighted by molar-refractivity contribution is 5.87. The molecule has 1 aromatic carbocycles. The number of imidazole rings is 1. The predicted octanol–water partition coefficient (Wildman–Crippen LogP) is 3.69. The van der Waals surface area contributed by atoms with Crippen LogP contribution in [-0.2, 0) is 4.79 Å². The molecule has 0 radical (unpaired) electrons. The molecule has 2 N–H and O–H groups in total. The Morgan fingerprint density at radius 2 is 1.85 bits per heavy atom. The monoisotopic (exact) mass is 568 g/mol. The minimum atomic E-state index is -5.01. The van der Waals surface area contributed by atoms with Gasteiger partial charge in [0, 0.05) is 37.7 Å². The molecule has 0 bridgehead atoms. The number of alkyl halides is 3. The van der Waals surface area contributed by atoms with E-state index in [1.165, 1.54) is 4.90 Å². The van der Waals surface area contributed by atoms with Crippen molar-refractivity contribution in [1.29, 1.82) is 0 Å². The third kappa shape index (κ3) is 5.65. The standard InChI is InChI=1S/C26H27F5N6O3/c27-18-4-1-3-17(21(18)28)15-6-7-19(23(38)36(13-15)14-26(29,30)31)33-24(39)35-11-8-16(9-12-35)37-20-5-2-10-32-22(20)34-25(37)40/h1-5,10,15-16,19H,6-9,11-14H2,(H,33,39)(H,32,34,40)/t15-,19-/m1/s1/i13D2. The van der Waals surface area contributed by atoms with Crippen LogP contribution in [0.2, 0.25) is 0 Å². The van der Waals surface area contributed by atoms with Gasteiger partial charge in [-0.25, -0.2) is 23.4 Å². The number of fused-ring (bicyclic) bond motifs is 1. The fourth-order valence-corrected chi connectivity index (χ4v) is 5.30. The third-order valence-electron chi connectivity index (χ3n) is 7.22. The largest absolute Gasteiger partial charge is 0.406 e. The summed E-state index contributed by atoms with van der Waals surface area (Å²) in [6.45, 7) is -4.71. The van der Waals surface area contributed by atoms with E-state index < -0.39 is 60.3 Å². The van der Waals surface area contributed by atoms with E-state index in [1.807, 2.05) is 0 Å². The first-order valence-electron chi connectivity index (χ1n) is 13.7. The third-order valence-corrected chi connectivity index (χ3v) is 7.22. The minimum Gasteiger partial charge on any atom is -0.331 e. The first-order valence-corrected chi connectivity index (χ1v) is 12.7. The molecule has 2 aromatic heterocycles. The van der Waals surface area contributed by atoms with Crippen LogP contribution in [0.1, 0.15) is 45.9 Å². The van der Waals surface area contributed by atoms with Gasteiger partial charge in [0.1, 0.15) is 12.6 Å². The Morgan fingerprint density at radius 3 is 2.58 bits per heavy atom. The zero-order chi connectivity index (χ0) is 30.4. The van der Waals surface area contributed by atoms with Crippen molar-refractivity contribution in [3.8, 4) is 0 Å². The molecule has 2 aliphatic rings. The summed E-state index contributed by atoms with van der Waals surface area (Å²) in [5.41, 5.74) is 0.183. The number of aromatic amines is 1. The van der Waals surface area contributed by atoms with Gasteiger partial charge in [-0.1, -0.05) is 12.1 Å². The lowest BCUT2D eigenvalue weighted by Gasteiger charge is -2.34. The van der Waals surface area contributed by atoms with E-state index in [0.29, 0.717) is 24.0 Å². The molecule has 5 rings (SSSR count). The number of hydrogen-bond donors (Lipinski definition) is 2. The Bertz CT molecular complexity index is 1550. The molecule has 2 atom stereocenters. The maximum Gasteiger partial charge on any atom is 0.406 e. The van der Waals surface area contributed by atoms with Crippen LogP contribution in [0.3, 0.4) is 0 Å². The number of carbonyl (C=O) groups is 2. The van der Waals surface area contributed by atoms with Crippen LogP contribution in [0, 0.1) is 11.6 Å². The number of likely N-dealkylation sites (tertiary alicyclic amines) is 2. The number of carbonyl (C=O) groups excluding carboxylic acids is 2. The van der Waals surface area contributed by atoms with Crippen LogP contribution >= 0.6 is 0 Å². The topological polar surface area (TPSA) is 103 Å². The number of piperidine rings is 1. The molecule has 3 amide bonds. The summed E-state index contributed by atoms with van der Waals surface area (Å²) in [6, 6.07) is 3.85. The summed E-state index contributed by atoms with van der Waals surface area (Å²) < 4.78 is 87.6. The lowest BCUT2D eigenvalue weighted by molar-refractivity contribution is -0.162. The number of benzene rings is 1. The average Bonchev–Trinajstić information content (AvgIpc) is 3.24. The second kappa shape index (κ2) is 10.9. The van der Waals surface area contributed by atoms with Crippen LogP contribution < -0.4 is 11.0 Å². The van der Waals surface area contributed by atoms with Crippen molar-refractivity contribution >= 4 is 23.1 Å². The molecule has 4 heterocycles. The highest BCUT2D eigenvalue weighted by Gasteiger charge is 2.40. The molecular weight excluding hydrogens is 539 g/mol. The van der Waals surface area contributed by atoms with Gasteiger partial charge in [-0.15, -0.1) is 0 Å². The summed E-state index contributed by atoms with van der Waals surface area (Å²) in [7, 11) is 0. The molecule has 0 spiro atoms. The Balaban J connectivity index is 1.33. The highest BCUT2D eigenvalue weighted by atomic mass is 19.4. The normalized spacial score (nSPS) is 23.1. The van der Waals surface area contributed by atoms with E-state index in [4.69, 9.17) is 2.74 Å². The Kier molecular flexibility index (Phi) is 6.81. The summed E-state index contributed by atoms with van der Waals surface area (Å²) in [5, 5.41) is 2.43. The molecule has 9 nitrogen and oxygen atoms in total. The van der Waals surface area contributed by atoms with Crippen molar-refractivity contribution in [2.45, 2.75) is 49.9 Å². The number of pyridine rings is 1. The van der Waals surface area contributed by atoms with Gasteiger partial charge in [-0.3, -0.25) is 14.3 Å². The number of amides is 3. The Hall–Kier alpha value is -3.97. The van der Waals surface area contributed by atoms with Gasteiger partial charge in [-0.05, 0) is 49.4 Å². The van der Waals surface area contributed by atoms with Crippen molar-refractivity contribution in [3.63, 3.8) is 0 Å². The molecule has 0 unspecified atom stereocenters. The fourth-order valence-electron chi connectivity index (χ4n) is 5.30. The quantitative estimate of drug-likeness (QED) is 0.469. The number of aromatic nitrogens is 3. The second-order valence-corrected chi connectivity index (χ2v) is 9.83. The van der Waals surface area contributed by atoms with Crippen LogP contribution in [0.5, 0.6) is 0 Å². The SMILES string of the molecule is [2H]C1([2H])[C@H](c2cccc(F)c2F)CC[C@@H](NC(=O)N2CCC(n3c(=O)[nH]c4ncccc43)CC2)C(=O)N1CC(F)(F)F. The van der Waals surface area contributed by atoms with Crippen molar-refractivity contribution in [2.24, 2.45) is 0 Å². The van der Waals surface area contributed by atoms with Gasteiger partial charge >= 0.3 is 17.9 Å². The number of nitrogens with one attached hydrogen (secondary N) is 2. The molecular formula is C26H27F5N6O3. The van der Waals surface area contributed by atoms with Crippen LogP contribution in [0.4, 0.5) is 26.7 Å². The zero-order valence-electron chi connectivity index (χ0n) is 23.0. The molecule has 14 heteroatoms. The van der Waals surface area contributed by atoms with Crippen LogP contribution in [0.15, 0.2) is 41.3 Å². The van der Waals surface area contributed by atoms with Gasteiger partial charge in [-0.2, -0.15) is 13.2 Å². The molecule has 2 saturated heterocycles. The average molecular weight is 569 g/mol. The van der Waals surface area contributed by atoms with Gasteiger partial charge in [0.05, 0.1) is 8.26 Å². The summed E-state index contributed by atoms with van der Waals surface area (Å²) in [6.07, 6.45) is -3.38. The summed E-state index contributed by atoms with van der Waals surface area (Å²) in [5.74, 6) is -5.68. The van der Waals surface area contributed by atoms with E-state index in [1.54, 1.807) is 22.9 Å². The number of halogens is 5. The van der Waals surface area contributed by atoms with Crippen LogP contribution in [-0.4, -0.2) is 74.6 Å². The van der Waals surface area contributed by atoms with E-state index >= 15 is 0 Å².